The van der Waals surface area contributed by atoms with E-state index in [1.165, 1.54) is 11.1 Å². The van der Waals surface area contributed by atoms with Crippen molar-refractivity contribution < 1.29 is 14.4 Å². The predicted molar refractivity (Wildman–Crippen MR) is 134 cm³/mol. The van der Waals surface area contributed by atoms with Gasteiger partial charge >= 0.3 is 0 Å². The zero-order valence-electron chi connectivity index (χ0n) is 21.6. The van der Waals surface area contributed by atoms with Gasteiger partial charge in [-0.1, -0.05) is 54.9 Å². The predicted octanol–water partition coefficient (Wildman–Crippen LogP) is 7.23. The van der Waals surface area contributed by atoms with Gasteiger partial charge in [0.1, 0.15) is 12.6 Å². The van der Waals surface area contributed by atoms with E-state index in [1.807, 2.05) is 26.7 Å². The number of Topliss-reactive ketones (excluding diaryl/α,β-unsaturated/α-hetero) is 2. The Morgan fingerprint density at radius 1 is 0.875 bits per heavy atom. The average molecular weight is 441 g/mol. The molecule has 0 aromatic rings. The van der Waals surface area contributed by atoms with E-state index in [2.05, 4.69) is 66.3 Å². The van der Waals surface area contributed by atoms with Crippen molar-refractivity contribution in [2.45, 2.75) is 87.5 Å². The Morgan fingerprint density at radius 3 is 1.84 bits per heavy atom. The largest absolute Gasteiger partial charge is 0.307 e. The van der Waals surface area contributed by atoms with Gasteiger partial charge in [-0.3, -0.25) is 9.59 Å². The van der Waals surface area contributed by atoms with Gasteiger partial charge in [0.05, 0.1) is 11.3 Å². The first-order valence-electron chi connectivity index (χ1n) is 11.7. The Morgan fingerprint density at radius 2 is 1.38 bits per heavy atom. The summed E-state index contributed by atoms with van der Waals surface area (Å²) in [5.41, 5.74) is 2.29. The summed E-state index contributed by atoms with van der Waals surface area (Å²) in [6.07, 6.45) is 12.0. The summed E-state index contributed by atoms with van der Waals surface area (Å²) in [5, 5.41) is 0. The Bertz CT molecular complexity index is 813. The zero-order chi connectivity index (χ0) is 24.9. The summed E-state index contributed by atoms with van der Waals surface area (Å²) in [6.45, 7) is 23.1. The van der Waals surface area contributed by atoms with Crippen LogP contribution >= 0.6 is 0 Å². The van der Waals surface area contributed by atoms with Crippen molar-refractivity contribution >= 4 is 18.4 Å². The van der Waals surface area contributed by atoms with E-state index in [4.69, 9.17) is 4.79 Å². The minimum Gasteiger partial charge on any atom is -0.307 e. The van der Waals surface area contributed by atoms with Crippen LogP contribution in [0.1, 0.15) is 87.5 Å². The molecule has 0 aliphatic heterocycles. The SMILES string of the molecule is C=CC12C[C@](CC=C(C)C)(C[C@H](CC=C(C)C)C1(C)C)C(=O)C(CC=C(C)C)C2=O.C=O. The van der Waals surface area contributed by atoms with E-state index in [-0.39, 0.29) is 22.9 Å². The standard InChI is InChI=1S/C28H42O2.CH2O/c1-10-28-18-27(16-15-21(6)7,17-22(26(28,8)9)13-11-19(2)3)24(29)23(25(28)30)14-12-20(4)5;1-2/h10-12,15,22-23H,1,13-14,16-18H2,2-9H3;1H2/t22-,23?,27-,28?;/m0./s1. The molecule has 32 heavy (non-hydrogen) atoms. The molecule has 0 amide bonds. The van der Waals surface area contributed by atoms with E-state index < -0.39 is 16.7 Å². The van der Waals surface area contributed by atoms with E-state index in [9.17, 15) is 9.59 Å². The van der Waals surface area contributed by atoms with Crippen LogP contribution in [0.2, 0.25) is 0 Å². The third-order valence-corrected chi connectivity index (χ3v) is 7.84. The van der Waals surface area contributed by atoms with E-state index >= 15 is 0 Å². The van der Waals surface area contributed by atoms with E-state index in [0.717, 1.165) is 24.8 Å². The third kappa shape index (κ3) is 5.13. The quantitative estimate of drug-likeness (QED) is 0.310. The number of carbonyl (C=O) groups excluding carboxylic acids is 3. The fourth-order valence-corrected chi connectivity index (χ4v) is 5.73. The van der Waals surface area contributed by atoms with E-state index in [0.29, 0.717) is 12.8 Å². The molecule has 4 atom stereocenters. The van der Waals surface area contributed by atoms with Crippen molar-refractivity contribution in [3.05, 3.63) is 47.6 Å². The molecule has 3 heteroatoms. The summed E-state index contributed by atoms with van der Waals surface area (Å²) in [4.78, 5) is 35.9. The normalized spacial score (nSPS) is 30.4. The summed E-state index contributed by atoms with van der Waals surface area (Å²) in [5.74, 6) is -0.0275. The molecule has 178 valence electrons. The van der Waals surface area contributed by atoms with Gasteiger partial charge in [0, 0.05) is 5.41 Å². The van der Waals surface area contributed by atoms with Crippen molar-refractivity contribution in [2.24, 2.45) is 28.1 Å². The van der Waals surface area contributed by atoms with Crippen molar-refractivity contribution in [2.75, 3.05) is 0 Å². The minimum absolute atomic E-state index is 0.0970. The summed E-state index contributed by atoms with van der Waals surface area (Å²) in [6, 6.07) is 0. The second kappa shape index (κ2) is 10.7. The molecule has 0 saturated heterocycles. The maximum atomic E-state index is 13.9. The second-order valence-electron chi connectivity index (χ2n) is 11.1. The molecule has 2 fully saturated rings. The molecule has 0 aromatic heterocycles. The van der Waals surface area contributed by atoms with Crippen LogP contribution in [-0.4, -0.2) is 18.4 Å². The molecule has 0 aromatic carbocycles. The first-order chi connectivity index (χ1) is 14.8. The van der Waals surface area contributed by atoms with Gasteiger partial charge < -0.3 is 4.79 Å². The molecule has 3 nitrogen and oxygen atoms in total. The fourth-order valence-electron chi connectivity index (χ4n) is 5.73. The lowest BCUT2D eigenvalue weighted by Crippen LogP contribution is -2.64. The third-order valence-electron chi connectivity index (χ3n) is 7.84. The molecule has 2 rings (SSSR count). The van der Waals surface area contributed by atoms with Crippen molar-refractivity contribution in [1.29, 1.82) is 0 Å². The molecular weight excluding hydrogens is 396 g/mol. The van der Waals surface area contributed by atoms with Gasteiger partial charge in [0.15, 0.2) is 5.78 Å². The van der Waals surface area contributed by atoms with Gasteiger partial charge in [0.2, 0.25) is 0 Å². The van der Waals surface area contributed by atoms with Gasteiger partial charge in [-0.25, -0.2) is 0 Å². The number of allylic oxidation sites excluding steroid dienone is 7. The van der Waals surface area contributed by atoms with Gasteiger partial charge in [-0.05, 0) is 85.0 Å². The highest BCUT2D eigenvalue weighted by Gasteiger charge is 2.67. The van der Waals surface area contributed by atoms with Crippen LogP contribution in [-0.2, 0) is 14.4 Å². The molecule has 2 bridgehead atoms. The Balaban J connectivity index is 0.00000249. The zero-order valence-corrected chi connectivity index (χ0v) is 21.6. The number of carbonyl (C=O) groups is 3. The van der Waals surface area contributed by atoms with Crippen LogP contribution in [0.15, 0.2) is 47.6 Å². The number of hydrogen-bond donors (Lipinski definition) is 0. The summed E-state index contributed by atoms with van der Waals surface area (Å²) in [7, 11) is 0. The highest BCUT2D eigenvalue weighted by atomic mass is 16.2. The first-order valence-corrected chi connectivity index (χ1v) is 11.7. The van der Waals surface area contributed by atoms with Crippen LogP contribution in [0.5, 0.6) is 0 Å². The second-order valence-corrected chi connectivity index (χ2v) is 11.1. The van der Waals surface area contributed by atoms with Crippen LogP contribution in [0, 0.1) is 28.1 Å². The Hall–Kier alpha value is -2.03. The topological polar surface area (TPSA) is 51.2 Å². The minimum atomic E-state index is -0.658. The smallest absolute Gasteiger partial charge is 0.154 e. The fraction of sp³-hybridized carbons (Fsp3) is 0.621. The maximum Gasteiger partial charge on any atom is 0.154 e. The van der Waals surface area contributed by atoms with Crippen LogP contribution in [0.25, 0.3) is 0 Å². The molecular formula is C29H44O3. The number of hydrogen-bond acceptors (Lipinski definition) is 3. The lowest BCUT2D eigenvalue weighted by molar-refractivity contribution is -0.172. The number of ketones is 2. The van der Waals surface area contributed by atoms with Gasteiger partial charge in [-0.2, -0.15) is 0 Å². The molecule has 2 saturated carbocycles. The molecule has 2 aliphatic carbocycles. The summed E-state index contributed by atoms with van der Waals surface area (Å²) >= 11 is 0. The number of rotatable bonds is 7. The van der Waals surface area contributed by atoms with Crippen molar-refractivity contribution in [3.63, 3.8) is 0 Å². The Labute approximate surface area is 196 Å². The molecule has 0 N–H and O–H groups in total. The lowest BCUT2D eigenvalue weighted by atomic mass is 9.39. The van der Waals surface area contributed by atoms with Crippen LogP contribution in [0.4, 0.5) is 0 Å². The van der Waals surface area contributed by atoms with Gasteiger partial charge in [0.25, 0.3) is 0 Å². The Kier molecular flexibility index (Phi) is 9.39. The van der Waals surface area contributed by atoms with Gasteiger partial charge in [-0.15, -0.1) is 6.58 Å². The van der Waals surface area contributed by atoms with Crippen molar-refractivity contribution in [3.8, 4) is 0 Å². The van der Waals surface area contributed by atoms with Crippen LogP contribution < -0.4 is 0 Å². The molecule has 0 radical (unpaired) electrons. The van der Waals surface area contributed by atoms with E-state index in [1.54, 1.807) is 0 Å². The summed E-state index contributed by atoms with van der Waals surface area (Å²) < 4.78 is 0. The molecule has 2 aliphatic rings. The van der Waals surface area contributed by atoms with Crippen molar-refractivity contribution in [1.82, 2.24) is 0 Å². The van der Waals surface area contributed by atoms with Crippen LogP contribution in [0.3, 0.4) is 0 Å². The highest BCUT2D eigenvalue weighted by molar-refractivity contribution is 6.11. The molecule has 0 heterocycles. The molecule has 2 unspecified atom stereocenters. The monoisotopic (exact) mass is 440 g/mol. The first kappa shape index (κ1) is 28.0. The molecule has 0 spiro atoms. The maximum absolute atomic E-state index is 13.9. The number of fused-ring (bicyclic) bond motifs is 2. The average Bonchev–Trinajstić information content (AvgIpc) is 2.72. The lowest BCUT2D eigenvalue weighted by Gasteiger charge is -2.62. The highest BCUT2D eigenvalue weighted by Crippen LogP contribution is 2.66.